The van der Waals surface area contributed by atoms with Crippen molar-refractivity contribution < 1.29 is 4.79 Å². The molecule has 2 aromatic heterocycles. The number of aromatic nitrogens is 1. The maximum absolute atomic E-state index is 12.0. The summed E-state index contributed by atoms with van der Waals surface area (Å²) in [4.78, 5) is 18.1. The Balaban J connectivity index is 2.14. The molecule has 0 atom stereocenters. The van der Waals surface area contributed by atoms with Crippen LogP contribution >= 0.6 is 34.3 Å². The van der Waals surface area contributed by atoms with E-state index >= 15 is 0 Å². The van der Waals surface area contributed by atoms with Gasteiger partial charge in [-0.25, -0.2) is 4.98 Å². The number of halogens is 1. The van der Waals surface area contributed by atoms with E-state index in [0.29, 0.717) is 11.4 Å². The van der Waals surface area contributed by atoms with Crippen LogP contribution in [0.4, 0.5) is 0 Å². The number of carbonyl (C=O) groups is 1. The van der Waals surface area contributed by atoms with Crippen LogP contribution in [0.25, 0.3) is 9.88 Å². The first-order chi connectivity index (χ1) is 9.11. The summed E-state index contributed by atoms with van der Waals surface area (Å²) >= 11 is 8.78. The minimum Gasteiger partial charge on any atom is -0.350 e. The van der Waals surface area contributed by atoms with Crippen molar-refractivity contribution in [1.82, 2.24) is 15.6 Å². The van der Waals surface area contributed by atoms with E-state index in [1.54, 1.807) is 0 Å². The molecule has 2 aromatic rings. The molecule has 2 rings (SSSR count). The second-order valence-corrected chi connectivity index (χ2v) is 6.61. The highest BCUT2D eigenvalue weighted by atomic mass is 35.5. The molecule has 0 bridgehead atoms. The summed E-state index contributed by atoms with van der Waals surface area (Å²) in [6.45, 7) is 3.20. The molecule has 2 heterocycles. The van der Waals surface area contributed by atoms with Crippen molar-refractivity contribution >= 4 is 40.2 Å². The fourth-order valence-corrected chi connectivity index (χ4v) is 3.60. The van der Waals surface area contributed by atoms with Crippen molar-refractivity contribution in [3.63, 3.8) is 0 Å². The van der Waals surface area contributed by atoms with Gasteiger partial charge in [0.1, 0.15) is 9.88 Å². The highest BCUT2D eigenvalue weighted by Crippen LogP contribution is 2.34. The number of amides is 1. The first kappa shape index (κ1) is 14.5. The van der Waals surface area contributed by atoms with E-state index in [1.165, 1.54) is 22.7 Å². The maximum atomic E-state index is 12.0. The van der Waals surface area contributed by atoms with Crippen molar-refractivity contribution in [2.75, 3.05) is 20.1 Å². The lowest BCUT2D eigenvalue weighted by Gasteiger charge is -2.02. The Bertz CT molecular complexity index is 579. The van der Waals surface area contributed by atoms with E-state index < -0.39 is 0 Å². The van der Waals surface area contributed by atoms with E-state index in [2.05, 4.69) is 15.6 Å². The number of likely N-dealkylation sites (N-methyl/N-ethyl adjacent to an activating group) is 1. The number of thiazole rings is 1. The summed E-state index contributed by atoms with van der Waals surface area (Å²) in [5, 5.41) is 6.68. The molecule has 0 aliphatic carbocycles. The van der Waals surface area contributed by atoms with E-state index in [9.17, 15) is 4.79 Å². The van der Waals surface area contributed by atoms with Crippen molar-refractivity contribution in [2.24, 2.45) is 0 Å². The molecule has 0 aliphatic rings. The highest BCUT2D eigenvalue weighted by Gasteiger charge is 2.16. The van der Waals surface area contributed by atoms with Gasteiger partial charge in [-0.1, -0.05) is 11.6 Å². The largest absolute Gasteiger partial charge is 0.350 e. The topological polar surface area (TPSA) is 54.0 Å². The summed E-state index contributed by atoms with van der Waals surface area (Å²) < 4.78 is 0.725. The van der Waals surface area contributed by atoms with Crippen molar-refractivity contribution in [2.45, 2.75) is 6.92 Å². The predicted octanol–water partition coefficient (Wildman–Crippen LogP) is 2.78. The number of hydrogen-bond acceptors (Lipinski definition) is 5. The third-order valence-electron chi connectivity index (χ3n) is 2.45. The fourth-order valence-electron chi connectivity index (χ4n) is 1.52. The standard InChI is InChI=1S/C12H14ClN3OS2/c1-7-10(11(17)15-6-5-14-2)19-12(16-7)8-3-4-9(13)18-8/h3-4,14H,5-6H2,1-2H3,(H,15,17). The zero-order valence-electron chi connectivity index (χ0n) is 10.6. The molecule has 0 saturated carbocycles. The van der Waals surface area contributed by atoms with Crippen LogP contribution in [0.5, 0.6) is 0 Å². The number of hydrogen-bond donors (Lipinski definition) is 2. The Morgan fingerprint density at radius 1 is 1.37 bits per heavy atom. The van der Waals surface area contributed by atoms with Gasteiger partial charge in [0.25, 0.3) is 5.91 Å². The second-order valence-electron chi connectivity index (χ2n) is 3.90. The molecule has 0 radical (unpaired) electrons. The lowest BCUT2D eigenvalue weighted by atomic mass is 10.3. The molecular formula is C12H14ClN3OS2. The summed E-state index contributed by atoms with van der Waals surface area (Å²) in [5.41, 5.74) is 0.756. The summed E-state index contributed by atoms with van der Waals surface area (Å²) in [7, 11) is 1.85. The number of nitrogens with one attached hydrogen (secondary N) is 2. The van der Waals surface area contributed by atoms with Crippen LogP contribution in [-0.2, 0) is 0 Å². The van der Waals surface area contributed by atoms with Gasteiger partial charge in [0.2, 0.25) is 0 Å². The number of rotatable bonds is 5. The molecule has 0 saturated heterocycles. The Labute approximate surface area is 124 Å². The van der Waals surface area contributed by atoms with Crippen LogP contribution in [0.1, 0.15) is 15.4 Å². The zero-order chi connectivity index (χ0) is 13.8. The van der Waals surface area contributed by atoms with Crippen LogP contribution in [0.15, 0.2) is 12.1 Å². The monoisotopic (exact) mass is 315 g/mol. The molecule has 0 spiro atoms. The molecule has 19 heavy (non-hydrogen) atoms. The Kier molecular flexibility index (Phi) is 4.93. The Morgan fingerprint density at radius 2 is 2.16 bits per heavy atom. The van der Waals surface area contributed by atoms with Crippen LogP contribution in [0.3, 0.4) is 0 Å². The SMILES string of the molecule is CNCCNC(=O)c1sc(-c2ccc(Cl)s2)nc1C. The normalized spacial score (nSPS) is 10.7. The summed E-state index contributed by atoms with van der Waals surface area (Å²) in [6, 6.07) is 3.76. The van der Waals surface area contributed by atoms with Crippen LogP contribution in [0, 0.1) is 6.92 Å². The average Bonchev–Trinajstić information content (AvgIpc) is 2.95. The van der Waals surface area contributed by atoms with Gasteiger partial charge in [-0.2, -0.15) is 0 Å². The molecule has 102 valence electrons. The molecule has 0 fully saturated rings. The van der Waals surface area contributed by atoms with Crippen LogP contribution in [0.2, 0.25) is 4.34 Å². The molecule has 7 heteroatoms. The quantitative estimate of drug-likeness (QED) is 0.834. The Hall–Kier alpha value is -0.950. The molecule has 0 unspecified atom stereocenters. The van der Waals surface area contributed by atoms with Gasteiger partial charge < -0.3 is 10.6 Å². The second kappa shape index (κ2) is 6.47. The maximum Gasteiger partial charge on any atom is 0.263 e. The van der Waals surface area contributed by atoms with Gasteiger partial charge in [-0.05, 0) is 26.1 Å². The molecular weight excluding hydrogens is 302 g/mol. The van der Waals surface area contributed by atoms with E-state index in [0.717, 1.165) is 26.5 Å². The fraction of sp³-hybridized carbons (Fsp3) is 0.333. The predicted molar refractivity (Wildman–Crippen MR) is 81.4 cm³/mol. The first-order valence-corrected chi connectivity index (χ1v) is 7.79. The van der Waals surface area contributed by atoms with Crippen molar-refractivity contribution in [3.05, 3.63) is 27.0 Å². The van der Waals surface area contributed by atoms with Gasteiger partial charge >= 0.3 is 0 Å². The lowest BCUT2D eigenvalue weighted by molar-refractivity contribution is 0.0957. The minimum atomic E-state index is -0.0702. The summed E-state index contributed by atoms with van der Waals surface area (Å²) in [6.07, 6.45) is 0. The van der Waals surface area contributed by atoms with Gasteiger partial charge in [-0.15, -0.1) is 22.7 Å². The van der Waals surface area contributed by atoms with Crippen LogP contribution < -0.4 is 10.6 Å². The number of carbonyl (C=O) groups excluding carboxylic acids is 1. The van der Waals surface area contributed by atoms with Gasteiger partial charge in [0.05, 0.1) is 14.9 Å². The molecule has 1 amide bonds. The number of aryl methyl sites for hydroxylation is 1. The third kappa shape index (κ3) is 3.54. The van der Waals surface area contributed by atoms with Gasteiger partial charge in [0, 0.05) is 13.1 Å². The van der Waals surface area contributed by atoms with Crippen molar-refractivity contribution in [1.29, 1.82) is 0 Å². The lowest BCUT2D eigenvalue weighted by Crippen LogP contribution is -2.30. The third-order valence-corrected chi connectivity index (χ3v) is 5.00. The van der Waals surface area contributed by atoms with E-state index in [4.69, 9.17) is 11.6 Å². The minimum absolute atomic E-state index is 0.0702. The zero-order valence-corrected chi connectivity index (χ0v) is 13.0. The van der Waals surface area contributed by atoms with Crippen LogP contribution in [-0.4, -0.2) is 31.0 Å². The average molecular weight is 316 g/mol. The van der Waals surface area contributed by atoms with Crippen molar-refractivity contribution in [3.8, 4) is 9.88 Å². The van der Waals surface area contributed by atoms with E-state index in [-0.39, 0.29) is 5.91 Å². The molecule has 2 N–H and O–H groups in total. The number of nitrogens with zero attached hydrogens (tertiary/aromatic N) is 1. The highest BCUT2D eigenvalue weighted by molar-refractivity contribution is 7.24. The smallest absolute Gasteiger partial charge is 0.263 e. The van der Waals surface area contributed by atoms with Gasteiger partial charge in [-0.3, -0.25) is 4.79 Å². The first-order valence-electron chi connectivity index (χ1n) is 5.77. The number of thiophene rings is 1. The molecule has 4 nitrogen and oxygen atoms in total. The molecule has 0 aliphatic heterocycles. The molecule has 0 aromatic carbocycles. The summed E-state index contributed by atoms with van der Waals surface area (Å²) in [5.74, 6) is -0.0702. The Morgan fingerprint density at radius 3 is 2.79 bits per heavy atom. The van der Waals surface area contributed by atoms with Gasteiger partial charge in [0.15, 0.2) is 0 Å². The van der Waals surface area contributed by atoms with E-state index in [1.807, 2.05) is 26.1 Å².